The van der Waals surface area contributed by atoms with Crippen LogP contribution >= 0.6 is 0 Å². The molecular weight excluding hydrogens is 210 g/mol. The molecule has 0 bridgehead atoms. The molecule has 5 heteroatoms. The van der Waals surface area contributed by atoms with Gasteiger partial charge in [0, 0.05) is 13.1 Å². The lowest BCUT2D eigenvalue weighted by atomic mass is 10.1. The Morgan fingerprint density at radius 2 is 2.31 bits per heavy atom. The van der Waals surface area contributed by atoms with Crippen LogP contribution < -0.4 is 0 Å². The minimum atomic E-state index is -0.458. The first-order chi connectivity index (χ1) is 7.69. The third kappa shape index (κ3) is 3.25. The molecular formula is C11H17NO4. The van der Waals surface area contributed by atoms with E-state index < -0.39 is 6.09 Å². The van der Waals surface area contributed by atoms with Crippen molar-refractivity contribution in [1.29, 1.82) is 0 Å². The van der Waals surface area contributed by atoms with Crippen molar-refractivity contribution in [3.05, 3.63) is 12.8 Å². The minimum absolute atomic E-state index is 0.219. The molecule has 1 unspecified atom stereocenters. The van der Waals surface area contributed by atoms with Crippen LogP contribution in [0, 0.1) is 5.92 Å². The maximum absolute atomic E-state index is 11.5. The highest BCUT2D eigenvalue weighted by Crippen LogP contribution is 2.18. The van der Waals surface area contributed by atoms with Crippen molar-refractivity contribution in [2.24, 2.45) is 5.92 Å². The summed E-state index contributed by atoms with van der Waals surface area (Å²) in [6, 6.07) is 0. The van der Waals surface area contributed by atoms with Gasteiger partial charge in [0.1, 0.15) is 0 Å². The normalized spacial score (nSPS) is 19.3. The van der Waals surface area contributed by atoms with Crippen molar-refractivity contribution in [2.45, 2.75) is 19.8 Å². The lowest BCUT2D eigenvalue weighted by Crippen LogP contribution is -2.30. The van der Waals surface area contributed by atoms with E-state index in [9.17, 15) is 9.59 Å². The van der Waals surface area contributed by atoms with E-state index in [1.807, 2.05) is 6.92 Å². The zero-order chi connectivity index (χ0) is 12.0. The van der Waals surface area contributed by atoms with Crippen LogP contribution in [0.3, 0.4) is 0 Å². The zero-order valence-corrected chi connectivity index (χ0v) is 9.48. The Labute approximate surface area is 95.0 Å². The Morgan fingerprint density at radius 1 is 1.56 bits per heavy atom. The van der Waals surface area contributed by atoms with E-state index >= 15 is 0 Å². The first-order valence-electron chi connectivity index (χ1n) is 5.42. The Balaban J connectivity index is 2.36. The Bertz CT molecular complexity index is 277. The summed E-state index contributed by atoms with van der Waals surface area (Å²) >= 11 is 0. The highest BCUT2D eigenvalue weighted by molar-refractivity contribution is 5.75. The fraction of sp³-hybridized carbons (Fsp3) is 0.636. The highest BCUT2D eigenvalue weighted by atomic mass is 16.5. The van der Waals surface area contributed by atoms with Gasteiger partial charge in [0.15, 0.2) is 0 Å². The van der Waals surface area contributed by atoms with Gasteiger partial charge in [-0.2, -0.15) is 0 Å². The molecule has 1 saturated heterocycles. The molecule has 0 aromatic rings. The molecule has 0 N–H and O–H groups in total. The number of ether oxygens (including phenoxy) is 2. The first-order valence-corrected chi connectivity index (χ1v) is 5.42. The smallest absolute Gasteiger partial charge is 0.414 e. The summed E-state index contributed by atoms with van der Waals surface area (Å²) in [5.41, 5.74) is 0. The van der Waals surface area contributed by atoms with Crippen molar-refractivity contribution < 1.29 is 19.1 Å². The molecule has 0 aliphatic carbocycles. The molecule has 0 spiro atoms. The number of carbonyl (C=O) groups excluding carboxylic acids is 2. The maximum atomic E-state index is 11.5. The van der Waals surface area contributed by atoms with Gasteiger partial charge >= 0.3 is 12.1 Å². The number of hydrogen-bond donors (Lipinski definition) is 0. The van der Waals surface area contributed by atoms with Crippen LogP contribution in [-0.2, 0) is 14.3 Å². The lowest BCUT2D eigenvalue weighted by molar-refractivity contribution is -0.148. The Morgan fingerprint density at radius 3 is 2.94 bits per heavy atom. The summed E-state index contributed by atoms with van der Waals surface area (Å²) in [4.78, 5) is 24.3. The summed E-state index contributed by atoms with van der Waals surface area (Å²) in [6.07, 6.45) is 2.07. The van der Waals surface area contributed by atoms with E-state index in [0.717, 1.165) is 12.7 Å². The van der Waals surface area contributed by atoms with E-state index in [1.54, 1.807) is 0 Å². The van der Waals surface area contributed by atoms with Gasteiger partial charge in [0.25, 0.3) is 0 Å². The van der Waals surface area contributed by atoms with Crippen LogP contribution in [0.15, 0.2) is 12.8 Å². The lowest BCUT2D eigenvalue weighted by Gasteiger charge is -2.14. The summed E-state index contributed by atoms with van der Waals surface area (Å²) in [5.74, 6) is -0.445. The van der Waals surface area contributed by atoms with E-state index in [-0.39, 0.29) is 11.9 Å². The van der Waals surface area contributed by atoms with Crippen molar-refractivity contribution in [3.63, 3.8) is 0 Å². The molecule has 90 valence electrons. The second-order valence-electron chi connectivity index (χ2n) is 3.65. The van der Waals surface area contributed by atoms with Crippen LogP contribution in [0.5, 0.6) is 0 Å². The van der Waals surface area contributed by atoms with E-state index in [4.69, 9.17) is 4.74 Å². The molecule has 1 aliphatic rings. The van der Waals surface area contributed by atoms with Crippen LogP contribution in [0.2, 0.25) is 0 Å². The van der Waals surface area contributed by atoms with Crippen LogP contribution in [-0.4, -0.2) is 36.7 Å². The summed E-state index contributed by atoms with van der Waals surface area (Å²) in [5, 5.41) is 0. The third-order valence-electron chi connectivity index (χ3n) is 2.41. The number of nitrogens with zero attached hydrogens (tertiary/aromatic N) is 1. The molecule has 1 atom stereocenters. The predicted octanol–water partition coefficient (Wildman–Crippen LogP) is 1.54. The van der Waals surface area contributed by atoms with Gasteiger partial charge < -0.3 is 14.4 Å². The summed E-state index contributed by atoms with van der Waals surface area (Å²) < 4.78 is 9.66. The van der Waals surface area contributed by atoms with Gasteiger partial charge in [-0.25, -0.2) is 4.79 Å². The van der Waals surface area contributed by atoms with E-state index in [1.165, 1.54) is 4.90 Å². The molecule has 0 aromatic heterocycles. The SMILES string of the molecule is C=COC(=O)N1CCC(C(=O)OCCC)C1. The van der Waals surface area contributed by atoms with Crippen molar-refractivity contribution in [2.75, 3.05) is 19.7 Å². The first kappa shape index (κ1) is 12.5. The van der Waals surface area contributed by atoms with Gasteiger partial charge in [0.05, 0.1) is 18.8 Å². The molecule has 1 aliphatic heterocycles. The number of carbonyl (C=O) groups is 2. The average Bonchev–Trinajstić information content (AvgIpc) is 2.75. The Hall–Kier alpha value is -1.52. The zero-order valence-electron chi connectivity index (χ0n) is 9.48. The monoisotopic (exact) mass is 227 g/mol. The van der Waals surface area contributed by atoms with Gasteiger partial charge in [-0.15, -0.1) is 0 Å². The van der Waals surface area contributed by atoms with Crippen molar-refractivity contribution in [3.8, 4) is 0 Å². The van der Waals surface area contributed by atoms with Crippen LogP contribution in [0.4, 0.5) is 4.79 Å². The second-order valence-corrected chi connectivity index (χ2v) is 3.65. The maximum Gasteiger partial charge on any atom is 0.414 e. The fourth-order valence-corrected chi connectivity index (χ4v) is 1.58. The van der Waals surface area contributed by atoms with Crippen LogP contribution in [0.1, 0.15) is 19.8 Å². The topological polar surface area (TPSA) is 55.8 Å². The standard InChI is InChI=1S/C11H17NO4/c1-3-7-16-10(13)9-5-6-12(8-9)11(14)15-4-2/h4,9H,2-3,5-8H2,1H3. The molecule has 1 rings (SSSR count). The number of likely N-dealkylation sites (tertiary alicyclic amines) is 1. The molecule has 1 fully saturated rings. The molecule has 16 heavy (non-hydrogen) atoms. The molecule has 0 radical (unpaired) electrons. The van der Waals surface area contributed by atoms with Gasteiger partial charge in [-0.3, -0.25) is 4.79 Å². The number of hydrogen-bond acceptors (Lipinski definition) is 4. The average molecular weight is 227 g/mol. The van der Waals surface area contributed by atoms with E-state index in [2.05, 4.69) is 11.3 Å². The van der Waals surface area contributed by atoms with Gasteiger partial charge in [-0.1, -0.05) is 13.5 Å². The van der Waals surface area contributed by atoms with E-state index in [0.29, 0.717) is 26.1 Å². The minimum Gasteiger partial charge on any atom is -0.465 e. The molecule has 1 amide bonds. The predicted molar refractivity (Wildman–Crippen MR) is 57.6 cm³/mol. The second kappa shape index (κ2) is 6.15. The molecule has 5 nitrogen and oxygen atoms in total. The molecule has 0 aromatic carbocycles. The summed E-state index contributed by atoms with van der Waals surface area (Å²) in [6.45, 7) is 6.58. The Kier molecular flexibility index (Phi) is 4.82. The number of amides is 1. The third-order valence-corrected chi connectivity index (χ3v) is 2.41. The summed E-state index contributed by atoms with van der Waals surface area (Å²) in [7, 11) is 0. The number of esters is 1. The number of rotatable bonds is 4. The van der Waals surface area contributed by atoms with Crippen molar-refractivity contribution in [1.82, 2.24) is 4.90 Å². The molecule has 1 heterocycles. The largest absolute Gasteiger partial charge is 0.465 e. The molecule has 0 saturated carbocycles. The van der Waals surface area contributed by atoms with Crippen LogP contribution in [0.25, 0.3) is 0 Å². The van der Waals surface area contributed by atoms with Gasteiger partial charge in [-0.05, 0) is 12.8 Å². The van der Waals surface area contributed by atoms with Gasteiger partial charge in [0.2, 0.25) is 0 Å². The fourth-order valence-electron chi connectivity index (χ4n) is 1.58. The quantitative estimate of drug-likeness (QED) is 0.540. The van der Waals surface area contributed by atoms with Crippen molar-refractivity contribution >= 4 is 12.1 Å². The highest BCUT2D eigenvalue weighted by Gasteiger charge is 2.32.